The third-order valence-electron chi connectivity index (χ3n) is 22.5. The molecule has 0 unspecified atom stereocenters. The van der Waals surface area contributed by atoms with Crippen molar-refractivity contribution in [3.05, 3.63) is 430 Å². The Balaban J connectivity index is 0.000000124. The fourth-order valence-electron chi connectivity index (χ4n) is 14.9. The second-order valence-electron chi connectivity index (χ2n) is 38.5. The maximum Gasteiger partial charge on any atom is 0.164 e. The zero-order chi connectivity index (χ0) is 95.0. The number of hydrogen-bond donors (Lipinski definition) is 0. The topological polar surface area (TPSA) is 193 Å². The zero-order valence-electron chi connectivity index (χ0n) is 79.8. The van der Waals surface area contributed by atoms with Crippen molar-refractivity contribution in [1.82, 2.24) is 74.8 Å². The van der Waals surface area contributed by atoms with Crippen molar-refractivity contribution >= 4 is 21.5 Å². The van der Waals surface area contributed by atoms with Crippen LogP contribution in [0.25, 0.3) is 169 Å². The molecule has 15 nitrogen and oxygen atoms in total. The first-order valence-corrected chi connectivity index (χ1v) is 46.1. The van der Waals surface area contributed by atoms with Crippen LogP contribution in [0.15, 0.2) is 400 Å². The predicted octanol–water partition coefficient (Wildman–Crippen LogP) is 29.8. The Hall–Kier alpha value is -16.1. The van der Waals surface area contributed by atoms with Gasteiger partial charge in [-0.2, -0.15) is 0 Å². The van der Waals surface area contributed by atoms with Gasteiger partial charge in [0.05, 0.1) is 0 Å². The molecule has 0 radical (unpaired) electrons. The van der Waals surface area contributed by atoms with E-state index in [-0.39, 0.29) is 27.1 Å². The van der Waals surface area contributed by atoms with Crippen LogP contribution in [0.5, 0.6) is 0 Å². The van der Waals surface area contributed by atoms with Crippen LogP contribution in [0.4, 0.5) is 0 Å². The molecule has 0 bridgehead atoms. The molecule has 5 heterocycles. The highest BCUT2D eigenvalue weighted by atomic mass is 15.1. The van der Waals surface area contributed by atoms with Crippen LogP contribution < -0.4 is 0 Å². The summed E-state index contributed by atoms with van der Waals surface area (Å²) in [6, 6.07) is 136. The van der Waals surface area contributed by atoms with Gasteiger partial charge in [0.1, 0.15) is 29.1 Å². The van der Waals surface area contributed by atoms with Crippen LogP contribution in [0, 0.1) is 0 Å². The van der Waals surface area contributed by atoms with E-state index in [0.29, 0.717) is 34.9 Å². The molecular formula is C121H111N15. The summed E-state index contributed by atoms with van der Waals surface area (Å²) in [7, 11) is 0. The molecule has 0 saturated carbocycles. The number of nitrogens with zero attached hydrogens (tertiary/aromatic N) is 15. The van der Waals surface area contributed by atoms with Crippen molar-refractivity contribution in [3.63, 3.8) is 0 Å². The van der Waals surface area contributed by atoms with Crippen LogP contribution in [0.2, 0.25) is 0 Å². The molecule has 15 aromatic carbocycles. The molecule has 0 spiro atoms. The Bertz CT molecular complexity index is 7220. The predicted molar refractivity (Wildman–Crippen MR) is 558 cm³/mol. The quantitative estimate of drug-likeness (QED) is 0.106. The number of fused-ring (bicyclic) bond motifs is 2. The van der Waals surface area contributed by atoms with Gasteiger partial charge in [0.2, 0.25) is 0 Å². The molecule has 5 aromatic heterocycles. The Morgan fingerprint density at radius 1 is 0.125 bits per heavy atom. The van der Waals surface area contributed by atoms with Gasteiger partial charge in [-0.15, -0.1) is 0 Å². The largest absolute Gasteiger partial charge is 0.212 e. The summed E-state index contributed by atoms with van der Waals surface area (Å²) in [4.78, 5) is 71.6. The maximum atomic E-state index is 4.87. The molecule has 0 aliphatic heterocycles. The smallest absolute Gasteiger partial charge is 0.164 e. The van der Waals surface area contributed by atoms with E-state index in [0.717, 1.165) is 113 Å². The molecule has 136 heavy (non-hydrogen) atoms. The molecule has 0 fully saturated rings. The standard InChI is InChI=1S/C31H27N3.C25H23N3.2C23H21N3.C19H19N3/c1-31(2,3)30-33-28(26-18-14-24(15-19-26)22-10-6-4-7-11-22)32-29(34-30)27-20-16-25(17-21-27)23-12-8-5-9-13-23;1-25(2,3)24-27-22(20-12-8-5-9-13-20)26-23(28-24)21-16-14-19(15-17-21)18-10-6-4-7-11-18;1-23(2,3)22-25-20(17-11-5-4-6-12-17)24-21(26-22)19-15-9-13-16-10-7-8-14-18(16)19;1-23(2,3)22-25-20(17-10-5-4-6-11-17)24-21(26-22)19-14-13-16-9-7-8-12-18(16)15-19;1-19(2,3)18-21-16(14-10-6-4-7-11-14)20-17(22-18)15-12-8-5-9-13-15/h4-21H,1-3H3;4-17H,1-3H3;2*4-15H,1-3H3;4-13H,1-3H3. The number of hydrogen-bond acceptors (Lipinski definition) is 15. The lowest BCUT2D eigenvalue weighted by molar-refractivity contribution is 0.543. The van der Waals surface area contributed by atoms with E-state index in [1.54, 1.807) is 0 Å². The van der Waals surface area contributed by atoms with E-state index in [1.165, 1.54) is 49.5 Å². The third kappa shape index (κ3) is 23.7. The average Bonchev–Trinajstić information content (AvgIpc) is 0.800. The first-order valence-electron chi connectivity index (χ1n) is 46.1. The Morgan fingerprint density at radius 3 is 0.566 bits per heavy atom. The average molecular weight is 1780 g/mol. The Kier molecular flexibility index (Phi) is 28.3. The summed E-state index contributed by atoms with van der Waals surface area (Å²) in [6.07, 6.45) is 0. The van der Waals surface area contributed by atoms with Gasteiger partial charge in [-0.05, 0) is 61.0 Å². The van der Waals surface area contributed by atoms with Crippen LogP contribution in [-0.4, -0.2) is 74.8 Å². The highest BCUT2D eigenvalue weighted by Crippen LogP contribution is 2.37. The van der Waals surface area contributed by atoms with Crippen molar-refractivity contribution in [2.75, 3.05) is 0 Å². The van der Waals surface area contributed by atoms with Gasteiger partial charge >= 0.3 is 0 Å². The second kappa shape index (κ2) is 41.3. The minimum atomic E-state index is -0.194. The molecule has 0 aliphatic carbocycles. The summed E-state index contributed by atoms with van der Waals surface area (Å²) in [5.74, 6) is 11.1. The molecule has 20 aromatic rings. The van der Waals surface area contributed by atoms with Crippen molar-refractivity contribution in [3.8, 4) is 147 Å². The molecule has 0 N–H and O–H groups in total. The van der Waals surface area contributed by atoms with Crippen molar-refractivity contribution in [2.45, 2.75) is 131 Å². The maximum absolute atomic E-state index is 4.87. The molecule has 0 amide bonds. The zero-order valence-corrected chi connectivity index (χ0v) is 79.8. The summed E-state index contributed by atoms with van der Waals surface area (Å²) >= 11 is 0. The molecule has 0 aliphatic rings. The van der Waals surface area contributed by atoms with Crippen molar-refractivity contribution < 1.29 is 0 Å². The van der Waals surface area contributed by atoms with Crippen LogP contribution in [0.1, 0.15) is 133 Å². The van der Waals surface area contributed by atoms with E-state index in [1.807, 2.05) is 170 Å². The molecule has 0 saturated heterocycles. The summed E-state index contributed by atoms with van der Waals surface area (Å²) < 4.78 is 0. The van der Waals surface area contributed by atoms with Gasteiger partial charge in [-0.3, -0.25) is 0 Å². The van der Waals surface area contributed by atoms with Gasteiger partial charge in [0, 0.05) is 82.7 Å². The van der Waals surface area contributed by atoms with E-state index in [2.05, 4.69) is 349 Å². The van der Waals surface area contributed by atoms with E-state index in [9.17, 15) is 0 Å². The van der Waals surface area contributed by atoms with Gasteiger partial charge in [-0.25, -0.2) is 74.8 Å². The number of aromatic nitrogens is 15. The highest BCUT2D eigenvalue weighted by molar-refractivity contribution is 5.95. The van der Waals surface area contributed by atoms with Crippen LogP contribution >= 0.6 is 0 Å². The summed E-state index contributed by atoms with van der Waals surface area (Å²) in [5.41, 5.74) is 16.3. The first kappa shape index (κ1) is 93.1. The third-order valence-corrected chi connectivity index (χ3v) is 22.5. The SMILES string of the molecule is CC(C)(C)c1nc(-c2ccc(-c3ccccc3)cc2)nc(-c2ccc(-c3ccccc3)cc2)n1.CC(C)(C)c1nc(-c2ccccc2)nc(-c2ccc(-c3ccccc3)cc2)n1.CC(C)(C)c1nc(-c2ccccc2)nc(-c2ccc3ccccc3c2)n1.CC(C)(C)c1nc(-c2ccccc2)nc(-c2cccc3ccccc23)n1.CC(C)(C)c1nc(-c2ccccc2)nc(-c2ccccc2)n1. The van der Waals surface area contributed by atoms with E-state index < -0.39 is 0 Å². The summed E-state index contributed by atoms with van der Waals surface area (Å²) in [6.45, 7) is 31.9. The van der Waals surface area contributed by atoms with E-state index >= 15 is 0 Å². The minimum absolute atomic E-state index is 0.129. The van der Waals surface area contributed by atoms with E-state index in [4.69, 9.17) is 59.8 Å². The van der Waals surface area contributed by atoms with Gasteiger partial charge in [0.15, 0.2) is 58.2 Å². The minimum Gasteiger partial charge on any atom is -0.212 e. The van der Waals surface area contributed by atoms with Crippen molar-refractivity contribution in [1.29, 1.82) is 0 Å². The number of benzene rings is 15. The lowest BCUT2D eigenvalue weighted by atomic mass is 9.95. The van der Waals surface area contributed by atoms with Gasteiger partial charge < -0.3 is 0 Å². The molecule has 20 rings (SSSR count). The van der Waals surface area contributed by atoms with Crippen LogP contribution in [-0.2, 0) is 27.1 Å². The van der Waals surface area contributed by atoms with Gasteiger partial charge in [-0.1, -0.05) is 498 Å². The Labute approximate surface area is 798 Å². The monoisotopic (exact) mass is 1770 g/mol. The normalized spacial score (nSPS) is 11.5. The van der Waals surface area contributed by atoms with Gasteiger partial charge in [0.25, 0.3) is 0 Å². The van der Waals surface area contributed by atoms with Crippen molar-refractivity contribution in [2.24, 2.45) is 0 Å². The summed E-state index contributed by atoms with van der Waals surface area (Å²) in [5, 5.41) is 4.73. The first-order chi connectivity index (χ1) is 65.5. The molecular weight excluding hydrogens is 1660 g/mol. The number of rotatable bonds is 13. The second-order valence-corrected chi connectivity index (χ2v) is 38.5. The lowest BCUT2D eigenvalue weighted by Crippen LogP contribution is -2.18. The van der Waals surface area contributed by atoms with Crippen LogP contribution in [0.3, 0.4) is 0 Å². The molecule has 670 valence electrons. The highest BCUT2D eigenvalue weighted by Gasteiger charge is 2.28. The Morgan fingerprint density at radius 2 is 0.301 bits per heavy atom. The lowest BCUT2D eigenvalue weighted by Gasteiger charge is -2.18. The molecule has 15 heteroatoms. The fourth-order valence-corrected chi connectivity index (χ4v) is 14.9. The fraction of sp³-hybridized carbons (Fsp3) is 0.165. The molecule has 0 atom stereocenters.